The summed E-state index contributed by atoms with van der Waals surface area (Å²) < 4.78 is 18.7. The molecule has 2 aliphatic rings. The van der Waals surface area contributed by atoms with Gasteiger partial charge in [0.1, 0.15) is 0 Å². The number of nitrogen functional groups attached to an aromatic ring is 1. The smallest absolute Gasteiger partial charge is 0.0694 e. The highest BCUT2D eigenvalue weighted by atomic mass is 32.2. The second kappa shape index (κ2) is 4.91. The van der Waals surface area contributed by atoms with Crippen molar-refractivity contribution in [3.05, 3.63) is 23.8 Å². The van der Waals surface area contributed by atoms with Crippen LogP contribution in [-0.2, 0) is 15.5 Å². The van der Waals surface area contributed by atoms with Gasteiger partial charge in [-0.1, -0.05) is 6.07 Å². The maximum absolute atomic E-state index is 12.8. The fourth-order valence-corrected chi connectivity index (χ4v) is 4.87. The van der Waals surface area contributed by atoms with E-state index >= 15 is 0 Å². The molecule has 3 rings (SSSR count). The van der Waals surface area contributed by atoms with E-state index in [1.165, 1.54) is 6.42 Å². The van der Waals surface area contributed by atoms with E-state index in [1.807, 2.05) is 25.1 Å². The molecule has 4 heteroatoms. The molecule has 0 aromatic heterocycles. The molecule has 1 aliphatic heterocycles. The Morgan fingerprint density at radius 1 is 1.42 bits per heavy atom. The van der Waals surface area contributed by atoms with Crippen LogP contribution in [0, 0.1) is 6.92 Å². The summed E-state index contributed by atoms with van der Waals surface area (Å²) in [4.78, 5) is 0.904. The maximum atomic E-state index is 12.8. The van der Waals surface area contributed by atoms with Gasteiger partial charge in [0.05, 0.1) is 16.4 Å². The normalized spacial score (nSPS) is 26.9. The van der Waals surface area contributed by atoms with E-state index in [0.29, 0.717) is 0 Å². The van der Waals surface area contributed by atoms with E-state index in [4.69, 9.17) is 10.5 Å². The largest absolute Gasteiger partial charge is 0.398 e. The molecule has 1 aromatic carbocycles. The number of anilines is 1. The Morgan fingerprint density at radius 3 is 2.89 bits per heavy atom. The van der Waals surface area contributed by atoms with Crippen molar-refractivity contribution in [3.63, 3.8) is 0 Å². The van der Waals surface area contributed by atoms with Crippen LogP contribution in [0.4, 0.5) is 5.69 Å². The molecule has 0 amide bonds. The molecule has 0 bridgehead atoms. The maximum Gasteiger partial charge on any atom is 0.0694 e. The number of benzene rings is 1. The average Bonchev–Trinajstić information content (AvgIpc) is 2.39. The summed E-state index contributed by atoms with van der Waals surface area (Å²) in [6, 6.07) is 5.71. The number of nitrogens with two attached hydrogens (primary N) is 1. The van der Waals surface area contributed by atoms with Gasteiger partial charge < -0.3 is 10.5 Å². The summed E-state index contributed by atoms with van der Waals surface area (Å²) in [6.07, 6.45) is 5.35. The minimum Gasteiger partial charge on any atom is -0.398 e. The van der Waals surface area contributed by atoms with Crippen LogP contribution < -0.4 is 5.73 Å². The van der Waals surface area contributed by atoms with Crippen LogP contribution in [0.25, 0.3) is 0 Å². The lowest BCUT2D eigenvalue weighted by atomic mass is 9.75. The van der Waals surface area contributed by atoms with Crippen LogP contribution >= 0.6 is 0 Å². The molecular formula is C15H21NO2S. The van der Waals surface area contributed by atoms with Crippen molar-refractivity contribution in [3.8, 4) is 0 Å². The summed E-state index contributed by atoms with van der Waals surface area (Å²) in [5, 5.41) is 0.217. The summed E-state index contributed by atoms with van der Waals surface area (Å²) in [5.41, 5.74) is 7.67. The first-order valence-corrected chi connectivity index (χ1v) is 8.22. The Morgan fingerprint density at radius 2 is 2.21 bits per heavy atom. The van der Waals surface area contributed by atoms with Crippen molar-refractivity contribution in [2.24, 2.45) is 0 Å². The highest BCUT2D eigenvalue weighted by Crippen LogP contribution is 2.44. The lowest BCUT2D eigenvalue weighted by molar-refractivity contribution is -0.125. The van der Waals surface area contributed by atoms with Gasteiger partial charge in [-0.25, -0.2) is 0 Å². The van der Waals surface area contributed by atoms with Crippen molar-refractivity contribution in [2.75, 3.05) is 12.3 Å². The summed E-state index contributed by atoms with van der Waals surface area (Å²) in [6.45, 7) is 2.71. The monoisotopic (exact) mass is 279 g/mol. The molecule has 1 saturated carbocycles. The summed E-state index contributed by atoms with van der Waals surface area (Å²) in [7, 11) is -0.966. The summed E-state index contributed by atoms with van der Waals surface area (Å²) >= 11 is 0. The van der Waals surface area contributed by atoms with Gasteiger partial charge in [-0.15, -0.1) is 0 Å². The lowest BCUT2D eigenvalue weighted by Gasteiger charge is -2.46. The van der Waals surface area contributed by atoms with E-state index in [9.17, 15) is 4.21 Å². The molecule has 1 spiro atoms. The molecule has 19 heavy (non-hydrogen) atoms. The molecule has 0 radical (unpaired) electrons. The molecular weight excluding hydrogens is 258 g/mol. The molecule has 1 saturated heterocycles. The zero-order chi connectivity index (χ0) is 13.5. The zero-order valence-electron chi connectivity index (χ0n) is 11.4. The third-order valence-electron chi connectivity index (χ3n) is 4.56. The zero-order valence-corrected chi connectivity index (χ0v) is 12.2. The second-order valence-electron chi connectivity index (χ2n) is 5.77. The Balaban J connectivity index is 1.81. The van der Waals surface area contributed by atoms with Crippen LogP contribution in [0.15, 0.2) is 23.1 Å². The number of hydrogen-bond donors (Lipinski definition) is 1. The van der Waals surface area contributed by atoms with E-state index in [2.05, 4.69) is 0 Å². The Kier molecular flexibility index (Phi) is 3.39. The van der Waals surface area contributed by atoms with Crippen LogP contribution in [0.1, 0.15) is 37.7 Å². The number of rotatable bonds is 2. The molecule has 2 fully saturated rings. The second-order valence-corrected chi connectivity index (χ2v) is 7.47. The fourth-order valence-electron chi connectivity index (χ4n) is 3.11. The quantitative estimate of drug-likeness (QED) is 0.847. The first kappa shape index (κ1) is 13.1. The lowest BCUT2D eigenvalue weighted by Crippen LogP contribution is -2.48. The van der Waals surface area contributed by atoms with E-state index in [-0.39, 0.29) is 10.9 Å². The highest BCUT2D eigenvalue weighted by Gasteiger charge is 2.44. The van der Waals surface area contributed by atoms with Crippen molar-refractivity contribution >= 4 is 16.5 Å². The van der Waals surface area contributed by atoms with E-state index in [1.54, 1.807) is 0 Å². The number of ether oxygens (including phenoxy) is 1. The van der Waals surface area contributed by atoms with Crippen LogP contribution in [-0.4, -0.2) is 21.7 Å². The van der Waals surface area contributed by atoms with Crippen molar-refractivity contribution in [1.29, 1.82) is 0 Å². The van der Waals surface area contributed by atoms with Crippen LogP contribution in [0.5, 0.6) is 0 Å². The molecule has 1 aliphatic carbocycles. The fraction of sp³-hybridized carbons (Fsp3) is 0.600. The van der Waals surface area contributed by atoms with Gasteiger partial charge >= 0.3 is 0 Å². The van der Waals surface area contributed by atoms with Gasteiger partial charge in [-0.2, -0.15) is 0 Å². The molecule has 1 heterocycles. The van der Waals surface area contributed by atoms with Crippen molar-refractivity contribution in [2.45, 2.75) is 54.8 Å². The SMILES string of the molecule is Cc1c(N)cccc1S(=O)C1CCOC2(CCC2)C1. The van der Waals surface area contributed by atoms with Gasteiger partial charge in [0, 0.05) is 22.4 Å². The van der Waals surface area contributed by atoms with Crippen molar-refractivity contribution < 1.29 is 8.95 Å². The molecule has 104 valence electrons. The highest BCUT2D eigenvalue weighted by molar-refractivity contribution is 7.85. The van der Waals surface area contributed by atoms with Crippen LogP contribution in [0.2, 0.25) is 0 Å². The third kappa shape index (κ3) is 2.32. The molecule has 2 N–H and O–H groups in total. The molecule has 2 unspecified atom stereocenters. The first-order chi connectivity index (χ1) is 9.11. The van der Waals surface area contributed by atoms with Crippen molar-refractivity contribution in [1.82, 2.24) is 0 Å². The predicted molar refractivity (Wildman–Crippen MR) is 77.6 cm³/mol. The van der Waals surface area contributed by atoms with Gasteiger partial charge in [-0.3, -0.25) is 4.21 Å². The third-order valence-corrected chi connectivity index (χ3v) is 6.44. The van der Waals surface area contributed by atoms with E-state index < -0.39 is 10.8 Å². The number of hydrogen-bond acceptors (Lipinski definition) is 3. The average molecular weight is 279 g/mol. The Labute approximate surface area is 117 Å². The Hall–Kier alpha value is -0.870. The summed E-state index contributed by atoms with van der Waals surface area (Å²) in [5.74, 6) is 0. The van der Waals surface area contributed by atoms with Gasteiger partial charge in [-0.05, 0) is 56.7 Å². The minimum atomic E-state index is -0.966. The van der Waals surface area contributed by atoms with Gasteiger partial charge in [0.25, 0.3) is 0 Å². The van der Waals surface area contributed by atoms with E-state index in [0.717, 1.165) is 48.4 Å². The molecule has 3 nitrogen and oxygen atoms in total. The first-order valence-electron chi connectivity index (χ1n) is 7.01. The molecule has 2 atom stereocenters. The molecule has 1 aromatic rings. The van der Waals surface area contributed by atoms with Gasteiger partial charge in [0.2, 0.25) is 0 Å². The minimum absolute atomic E-state index is 0.0484. The predicted octanol–water partition coefficient (Wildman–Crippen LogP) is 2.79. The standard InChI is InChI=1S/C15H21NO2S/c1-11-13(16)4-2-5-14(11)19(17)12-6-9-18-15(10-12)7-3-8-15/h2,4-5,12H,3,6-10,16H2,1H3. The Bertz CT molecular complexity index is 511. The topological polar surface area (TPSA) is 52.3 Å². The van der Waals surface area contributed by atoms with Crippen LogP contribution in [0.3, 0.4) is 0 Å². The van der Waals surface area contributed by atoms with Gasteiger partial charge in [0.15, 0.2) is 0 Å².